The highest BCUT2D eigenvalue weighted by molar-refractivity contribution is 5.91. The second kappa shape index (κ2) is 8.10. The Labute approximate surface area is 140 Å². The lowest BCUT2D eigenvalue weighted by molar-refractivity contribution is -0.384. The standard InChI is InChI=1S/C18H20N2O4/c1-3-13(2)14-4-10-17(11-5-14)24-12-18(21)19-15-6-8-16(9-7-15)20(22)23/h4-11,13H,3,12H2,1-2H3,(H,19,21). The van der Waals surface area contributed by atoms with Crippen LogP contribution in [0.15, 0.2) is 48.5 Å². The highest BCUT2D eigenvalue weighted by Gasteiger charge is 2.08. The lowest BCUT2D eigenvalue weighted by Crippen LogP contribution is -2.20. The van der Waals surface area contributed by atoms with E-state index in [1.54, 1.807) is 0 Å². The molecule has 0 aliphatic carbocycles. The Hall–Kier alpha value is -2.89. The fourth-order valence-electron chi connectivity index (χ4n) is 2.14. The van der Waals surface area contributed by atoms with Gasteiger partial charge in [-0.15, -0.1) is 0 Å². The molecule has 0 saturated carbocycles. The number of nitro benzene ring substituents is 1. The summed E-state index contributed by atoms with van der Waals surface area (Å²) in [6.45, 7) is 4.17. The summed E-state index contributed by atoms with van der Waals surface area (Å²) in [6.07, 6.45) is 1.07. The molecule has 0 aromatic heterocycles. The maximum atomic E-state index is 11.9. The van der Waals surface area contributed by atoms with Gasteiger partial charge in [-0.3, -0.25) is 14.9 Å². The number of hydrogen-bond acceptors (Lipinski definition) is 4. The minimum Gasteiger partial charge on any atom is -0.484 e. The predicted molar refractivity (Wildman–Crippen MR) is 92.4 cm³/mol. The number of carbonyl (C=O) groups is 1. The second-order valence-electron chi connectivity index (χ2n) is 5.52. The Balaban J connectivity index is 1.85. The molecule has 0 saturated heterocycles. The average molecular weight is 328 g/mol. The third kappa shape index (κ3) is 4.81. The van der Waals surface area contributed by atoms with Crippen LogP contribution in [-0.2, 0) is 4.79 Å². The number of nitro groups is 1. The smallest absolute Gasteiger partial charge is 0.269 e. The van der Waals surface area contributed by atoms with Crippen molar-refractivity contribution in [2.24, 2.45) is 0 Å². The minimum atomic E-state index is -0.488. The molecule has 0 bridgehead atoms. The molecule has 0 heterocycles. The summed E-state index contributed by atoms with van der Waals surface area (Å²) in [7, 11) is 0. The van der Waals surface area contributed by atoms with Crippen molar-refractivity contribution in [1.29, 1.82) is 0 Å². The number of nitrogens with one attached hydrogen (secondary N) is 1. The number of rotatable bonds is 7. The van der Waals surface area contributed by atoms with Gasteiger partial charge < -0.3 is 10.1 Å². The second-order valence-corrected chi connectivity index (χ2v) is 5.52. The number of nitrogens with zero attached hydrogens (tertiary/aromatic N) is 1. The number of ether oxygens (including phenoxy) is 1. The van der Waals surface area contributed by atoms with Crippen molar-refractivity contribution in [3.8, 4) is 5.75 Å². The Morgan fingerprint density at radius 2 is 1.79 bits per heavy atom. The fraction of sp³-hybridized carbons (Fsp3) is 0.278. The zero-order valence-corrected chi connectivity index (χ0v) is 13.7. The van der Waals surface area contributed by atoms with E-state index < -0.39 is 4.92 Å². The fourth-order valence-corrected chi connectivity index (χ4v) is 2.14. The molecule has 2 rings (SSSR count). The molecule has 0 spiro atoms. The first-order valence-corrected chi connectivity index (χ1v) is 7.76. The minimum absolute atomic E-state index is 0.0225. The van der Waals surface area contributed by atoms with Crippen molar-refractivity contribution in [1.82, 2.24) is 0 Å². The molecule has 1 atom stereocenters. The summed E-state index contributed by atoms with van der Waals surface area (Å²) >= 11 is 0. The molecule has 0 aliphatic rings. The molecule has 0 aliphatic heterocycles. The van der Waals surface area contributed by atoms with Gasteiger partial charge in [-0.1, -0.05) is 26.0 Å². The van der Waals surface area contributed by atoms with Crippen LogP contribution in [0.25, 0.3) is 0 Å². The molecule has 1 amide bonds. The van der Waals surface area contributed by atoms with Crippen molar-refractivity contribution in [2.45, 2.75) is 26.2 Å². The van der Waals surface area contributed by atoms with Gasteiger partial charge in [0.05, 0.1) is 4.92 Å². The first kappa shape index (κ1) is 17.5. The number of non-ortho nitro benzene ring substituents is 1. The first-order chi connectivity index (χ1) is 11.5. The van der Waals surface area contributed by atoms with Crippen molar-refractivity contribution >= 4 is 17.3 Å². The molecule has 2 aromatic rings. The molecule has 6 heteroatoms. The zero-order chi connectivity index (χ0) is 17.5. The van der Waals surface area contributed by atoms with E-state index in [2.05, 4.69) is 19.2 Å². The van der Waals surface area contributed by atoms with Crippen molar-refractivity contribution in [3.63, 3.8) is 0 Å². The zero-order valence-electron chi connectivity index (χ0n) is 13.7. The van der Waals surface area contributed by atoms with Gasteiger partial charge in [-0.2, -0.15) is 0 Å². The number of anilines is 1. The molecule has 0 radical (unpaired) electrons. The van der Waals surface area contributed by atoms with E-state index in [0.29, 0.717) is 17.4 Å². The summed E-state index contributed by atoms with van der Waals surface area (Å²) in [4.78, 5) is 21.9. The monoisotopic (exact) mass is 328 g/mol. The Bertz CT molecular complexity index is 696. The van der Waals surface area contributed by atoms with Crippen LogP contribution in [0.4, 0.5) is 11.4 Å². The summed E-state index contributed by atoms with van der Waals surface area (Å²) in [5.74, 6) is 0.792. The number of hydrogen-bond donors (Lipinski definition) is 1. The molecule has 1 N–H and O–H groups in total. The first-order valence-electron chi connectivity index (χ1n) is 7.76. The molecule has 6 nitrogen and oxygen atoms in total. The van der Waals surface area contributed by atoms with Crippen LogP contribution in [0.2, 0.25) is 0 Å². The normalized spacial score (nSPS) is 11.6. The third-order valence-electron chi connectivity index (χ3n) is 3.79. The lowest BCUT2D eigenvalue weighted by Gasteiger charge is -2.11. The van der Waals surface area contributed by atoms with Crippen molar-refractivity contribution < 1.29 is 14.5 Å². The summed E-state index contributed by atoms with van der Waals surface area (Å²) in [6, 6.07) is 13.3. The van der Waals surface area contributed by atoms with E-state index in [9.17, 15) is 14.9 Å². The van der Waals surface area contributed by atoms with Crippen LogP contribution in [0.5, 0.6) is 5.75 Å². The number of amides is 1. The average Bonchev–Trinajstić information content (AvgIpc) is 2.60. The molecular weight excluding hydrogens is 308 g/mol. The maximum Gasteiger partial charge on any atom is 0.269 e. The molecule has 2 aromatic carbocycles. The van der Waals surface area contributed by atoms with E-state index in [1.807, 2.05) is 24.3 Å². The molecule has 1 unspecified atom stereocenters. The van der Waals surface area contributed by atoms with Crippen LogP contribution in [-0.4, -0.2) is 17.4 Å². The van der Waals surface area contributed by atoms with Gasteiger partial charge in [0.1, 0.15) is 5.75 Å². The molecule has 0 fully saturated rings. The van der Waals surface area contributed by atoms with Crippen LogP contribution in [0, 0.1) is 10.1 Å². The van der Waals surface area contributed by atoms with Crippen molar-refractivity contribution in [3.05, 3.63) is 64.2 Å². The van der Waals surface area contributed by atoms with Crippen LogP contribution < -0.4 is 10.1 Å². The van der Waals surface area contributed by atoms with Crippen molar-refractivity contribution in [2.75, 3.05) is 11.9 Å². The van der Waals surface area contributed by atoms with E-state index in [0.717, 1.165) is 6.42 Å². The van der Waals surface area contributed by atoms with Gasteiger partial charge in [-0.25, -0.2) is 0 Å². The highest BCUT2D eigenvalue weighted by atomic mass is 16.6. The van der Waals surface area contributed by atoms with Gasteiger partial charge in [0.25, 0.3) is 11.6 Å². The third-order valence-corrected chi connectivity index (χ3v) is 3.79. The largest absolute Gasteiger partial charge is 0.484 e. The Kier molecular flexibility index (Phi) is 5.89. The highest BCUT2D eigenvalue weighted by Crippen LogP contribution is 2.21. The summed E-state index contributed by atoms with van der Waals surface area (Å²) in [5, 5.41) is 13.2. The number of carbonyl (C=O) groups excluding carboxylic acids is 1. The van der Waals surface area contributed by atoms with Crippen LogP contribution in [0.1, 0.15) is 31.7 Å². The van der Waals surface area contributed by atoms with Gasteiger partial charge in [-0.05, 0) is 42.2 Å². The topological polar surface area (TPSA) is 81.5 Å². The Morgan fingerprint density at radius 1 is 1.17 bits per heavy atom. The summed E-state index contributed by atoms with van der Waals surface area (Å²) in [5.41, 5.74) is 1.70. The van der Waals surface area contributed by atoms with Gasteiger partial charge in [0.2, 0.25) is 0 Å². The SMILES string of the molecule is CCC(C)c1ccc(OCC(=O)Nc2ccc([N+](=O)[O-])cc2)cc1. The van der Waals surface area contributed by atoms with Crippen LogP contribution >= 0.6 is 0 Å². The van der Waals surface area contributed by atoms with E-state index in [1.165, 1.54) is 29.8 Å². The van der Waals surface area contributed by atoms with E-state index in [-0.39, 0.29) is 18.2 Å². The Morgan fingerprint density at radius 3 is 2.33 bits per heavy atom. The number of benzene rings is 2. The van der Waals surface area contributed by atoms with Gasteiger partial charge in [0, 0.05) is 17.8 Å². The summed E-state index contributed by atoms with van der Waals surface area (Å²) < 4.78 is 5.45. The molecule has 126 valence electrons. The lowest BCUT2D eigenvalue weighted by atomic mass is 9.99. The van der Waals surface area contributed by atoms with E-state index >= 15 is 0 Å². The van der Waals surface area contributed by atoms with Gasteiger partial charge >= 0.3 is 0 Å². The van der Waals surface area contributed by atoms with Gasteiger partial charge in [0.15, 0.2) is 6.61 Å². The molecule has 24 heavy (non-hydrogen) atoms. The van der Waals surface area contributed by atoms with Crippen LogP contribution in [0.3, 0.4) is 0 Å². The predicted octanol–water partition coefficient (Wildman–Crippen LogP) is 4.13. The molecular formula is C18H20N2O4. The van der Waals surface area contributed by atoms with E-state index in [4.69, 9.17) is 4.74 Å². The maximum absolute atomic E-state index is 11.9. The quantitative estimate of drug-likeness (QED) is 0.612.